The number of rotatable bonds is 8. The van der Waals surface area contributed by atoms with Crippen LogP contribution in [-0.4, -0.2) is 31.6 Å². The van der Waals surface area contributed by atoms with E-state index in [0.717, 1.165) is 0 Å². The summed E-state index contributed by atoms with van der Waals surface area (Å²) in [7, 11) is 1.35. The Hall–Kier alpha value is -2.24. The molecule has 0 radical (unpaired) electrons. The summed E-state index contributed by atoms with van der Waals surface area (Å²) in [5.41, 5.74) is 5.73. The van der Waals surface area contributed by atoms with Crippen LogP contribution in [0.15, 0.2) is 24.3 Å². The largest absolute Gasteiger partial charge is 0.491 e. The van der Waals surface area contributed by atoms with Crippen molar-refractivity contribution in [3.63, 3.8) is 0 Å². The lowest BCUT2D eigenvalue weighted by Gasteiger charge is -2.18. The number of methoxy groups -OCH3 is 1. The molecule has 0 aliphatic heterocycles. The number of anilines is 1. The van der Waals surface area contributed by atoms with Crippen molar-refractivity contribution in [3.8, 4) is 5.75 Å². The lowest BCUT2D eigenvalue weighted by Crippen LogP contribution is -2.30. The van der Waals surface area contributed by atoms with Gasteiger partial charge in [-0.25, -0.2) is 4.79 Å². The zero-order valence-corrected chi connectivity index (χ0v) is 11.7. The number of benzene rings is 1. The van der Waals surface area contributed by atoms with Crippen LogP contribution in [0.2, 0.25) is 0 Å². The fraction of sp³-hybridized carbons (Fsp3) is 0.429. The standard InChI is InChI=1S/C14H20N2O4/c1-3-10(14(18)19-2)16-11-6-4-5-7-12(11)20-9-8-13(15)17/h4-7,10,16H,3,8-9H2,1-2H3,(H2,15,17). The molecular formula is C14H20N2O4. The Balaban J connectivity index is 2.73. The minimum atomic E-state index is -0.444. The number of nitrogens with two attached hydrogens (primary N) is 1. The lowest BCUT2D eigenvalue weighted by molar-refractivity contribution is -0.141. The molecule has 0 saturated heterocycles. The average molecular weight is 280 g/mol. The van der Waals surface area contributed by atoms with Gasteiger partial charge in [0.1, 0.15) is 11.8 Å². The average Bonchev–Trinajstić information content (AvgIpc) is 2.45. The highest BCUT2D eigenvalue weighted by molar-refractivity contribution is 5.80. The van der Waals surface area contributed by atoms with Crippen LogP contribution in [0.1, 0.15) is 19.8 Å². The van der Waals surface area contributed by atoms with Gasteiger partial charge in [0.05, 0.1) is 25.8 Å². The van der Waals surface area contributed by atoms with Crippen molar-refractivity contribution in [2.75, 3.05) is 19.0 Å². The highest BCUT2D eigenvalue weighted by atomic mass is 16.5. The van der Waals surface area contributed by atoms with Crippen LogP contribution in [0, 0.1) is 0 Å². The molecule has 0 aromatic heterocycles. The zero-order chi connectivity index (χ0) is 15.0. The third-order valence-electron chi connectivity index (χ3n) is 2.72. The van der Waals surface area contributed by atoms with Crippen molar-refractivity contribution in [1.29, 1.82) is 0 Å². The number of nitrogens with one attached hydrogen (secondary N) is 1. The van der Waals surface area contributed by atoms with E-state index >= 15 is 0 Å². The molecule has 20 heavy (non-hydrogen) atoms. The molecule has 1 rings (SSSR count). The molecule has 0 aliphatic carbocycles. The van der Waals surface area contributed by atoms with Crippen molar-refractivity contribution in [2.45, 2.75) is 25.8 Å². The summed E-state index contributed by atoms with van der Waals surface area (Å²) in [6.07, 6.45) is 0.727. The van der Waals surface area contributed by atoms with E-state index in [1.54, 1.807) is 12.1 Å². The van der Waals surface area contributed by atoms with Gasteiger partial charge in [0.15, 0.2) is 0 Å². The Bertz CT molecular complexity index is 462. The monoisotopic (exact) mass is 280 g/mol. The summed E-state index contributed by atoms with van der Waals surface area (Å²) >= 11 is 0. The molecule has 0 aliphatic rings. The van der Waals surface area contributed by atoms with Gasteiger partial charge in [-0.05, 0) is 18.6 Å². The second-order valence-corrected chi connectivity index (χ2v) is 4.19. The predicted molar refractivity (Wildman–Crippen MR) is 75.5 cm³/mol. The normalized spacial score (nSPS) is 11.5. The first-order valence-electron chi connectivity index (χ1n) is 6.43. The molecule has 1 unspecified atom stereocenters. The first-order chi connectivity index (χ1) is 9.58. The van der Waals surface area contributed by atoms with Gasteiger partial charge in [0.25, 0.3) is 0 Å². The van der Waals surface area contributed by atoms with Gasteiger partial charge in [0, 0.05) is 0 Å². The molecule has 0 heterocycles. The SMILES string of the molecule is CCC(Nc1ccccc1OCCC(N)=O)C(=O)OC. The van der Waals surface area contributed by atoms with Crippen LogP contribution in [0.5, 0.6) is 5.75 Å². The number of ether oxygens (including phenoxy) is 2. The molecule has 1 atom stereocenters. The van der Waals surface area contributed by atoms with E-state index in [0.29, 0.717) is 17.9 Å². The van der Waals surface area contributed by atoms with Crippen molar-refractivity contribution < 1.29 is 19.1 Å². The first-order valence-corrected chi connectivity index (χ1v) is 6.43. The van der Waals surface area contributed by atoms with E-state index < -0.39 is 11.9 Å². The number of carbonyl (C=O) groups excluding carboxylic acids is 2. The van der Waals surface area contributed by atoms with Crippen LogP contribution < -0.4 is 15.8 Å². The second kappa shape index (κ2) is 8.04. The summed E-state index contributed by atoms with van der Waals surface area (Å²) in [6.45, 7) is 2.08. The number of esters is 1. The first kappa shape index (κ1) is 15.8. The van der Waals surface area contributed by atoms with E-state index in [1.807, 2.05) is 19.1 Å². The van der Waals surface area contributed by atoms with Crippen molar-refractivity contribution >= 4 is 17.6 Å². The fourth-order valence-corrected chi connectivity index (χ4v) is 1.63. The quantitative estimate of drug-likeness (QED) is 0.700. The van der Waals surface area contributed by atoms with Crippen LogP contribution >= 0.6 is 0 Å². The smallest absolute Gasteiger partial charge is 0.328 e. The molecule has 1 amide bonds. The number of hydrogen-bond acceptors (Lipinski definition) is 5. The van der Waals surface area contributed by atoms with Crippen LogP contribution in [-0.2, 0) is 14.3 Å². The number of amides is 1. The maximum atomic E-state index is 11.6. The van der Waals surface area contributed by atoms with Crippen LogP contribution in [0.4, 0.5) is 5.69 Å². The van der Waals surface area contributed by atoms with Gasteiger partial charge in [0.2, 0.25) is 5.91 Å². The molecule has 6 nitrogen and oxygen atoms in total. The highest BCUT2D eigenvalue weighted by Gasteiger charge is 2.18. The van der Waals surface area contributed by atoms with Gasteiger partial charge >= 0.3 is 5.97 Å². The predicted octanol–water partition coefficient (Wildman–Crippen LogP) is 1.30. The Morgan fingerprint density at radius 3 is 2.65 bits per heavy atom. The highest BCUT2D eigenvalue weighted by Crippen LogP contribution is 2.25. The molecule has 0 bridgehead atoms. The van der Waals surface area contributed by atoms with E-state index in [1.165, 1.54) is 7.11 Å². The van der Waals surface area contributed by atoms with Crippen molar-refractivity contribution in [2.24, 2.45) is 5.73 Å². The third-order valence-corrected chi connectivity index (χ3v) is 2.72. The topological polar surface area (TPSA) is 90.6 Å². The molecule has 0 spiro atoms. The third kappa shape index (κ3) is 4.79. The van der Waals surface area contributed by atoms with E-state index in [4.69, 9.17) is 15.2 Å². The maximum Gasteiger partial charge on any atom is 0.328 e. The number of carbonyl (C=O) groups is 2. The van der Waals surface area contributed by atoms with Crippen LogP contribution in [0.25, 0.3) is 0 Å². The molecule has 0 fully saturated rings. The molecule has 3 N–H and O–H groups in total. The summed E-state index contributed by atoms with van der Waals surface area (Å²) in [6, 6.07) is 6.75. The second-order valence-electron chi connectivity index (χ2n) is 4.19. The van der Waals surface area contributed by atoms with E-state index in [-0.39, 0.29) is 19.0 Å². The number of primary amides is 1. The number of para-hydroxylation sites is 2. The van der Waals surface area contributed by atoms with Crippen molar-refractivity contribution in [3.05, 3.63) is 24.3 Å². The zero-order valence-electron chi connectivity index (χ0n) is 11.7. The summed E-state index contributed by atoms with van der Waals surface area (Å²) in [5, 5.41) is 3.07. The molecule has 110 valence electrons. The van der Waals surface area contributed by atoms with Gasteiger partial charge in [-0.3, -0.25) is 4.79 Å². The van der Waals surface area contributed by atoms with Gasteiger partial charge in [-0.1, -0.05) is 19.1 Å². The Morgan fingerprint density at radius 2 is 2.05 bits per heavy atom. The molecule has 1 aromatic carbocycles. The van der Waals surface area contributed by atoms with E-state index in [9.17, 15) is 9.59 Å². The Morgan fingerprint density at radius 1 is 1.35 bits per heavy atom. The van der Waals surface area contributed by atoms with Crippen LogP contribution in [0.3, 0.4) is 0 Å². The Kier molecular flexibility index (Phi) is 6.36. The van der Waals surface area contributed by atoms with Gasteiger partial charge in [-0.2, -0.15) is 0 Å². The molecular weight excluding hydrogens is 260 g/mol. The molecule has 6 heteroatoms. The van der Waals surface area contributed by atoms with E-state index in [2.05, 4.69) is 5.32 Å². The summed E-state index contributed by atoms with van der Waals surface area (Å²) < 4.78 is 10.2. The maximum absolute atomic E-state index is 11.6. The van der Waals surface area contributed by atoms with Gasteiger partial charge in [-0.15, -0.1) is 0 Å². The van der Waals surface area contributed by atoms with Crippen molar-refractivity contribution in [1.82, 2.24) is 0 Å². The molecule has 0 saturated carbocycles. The summed E-state index contributed by atoms with van der Waals surface area (Å²) in [4.78, 5) is 22.3. The minimum Gasteiger partial charge on any atom is -0.491 e. The minimum absolute atomic E-state index is 0.141. The summed E-state index contributed by atoms with van der Waals surface area (Å²) in [5.74, 6) is -0.188. The van der Waals surface area contributed by atoms with Gasteiger partial charge < -0.3 is 20.5 Å². The number of hydrogen-bond donors (Lipinski definition) is 2. The fourth-order valence-electron chi connectivity index (χ4n) is 1.63. The molecule has 1 aromatic rings. The Labute approximate surface area is 118 Å². The lowest BCUT2D eigenvalue weighted by atomic mass is 10.2.